The van der Waals surface area contributed by atoms with E-state index in [0.717, 1.165) is 66.6 Å². The van der Waals surface area contributed by atoms with Crippen LogP contribution in [0.3, 0.4) is 0 Å². The second kappa shape index (κ2) is 14.1. The van der Waals surface area contributed by atoms with Crippen molar-refractivity contribution < 1.29 is 4.42 Å². The number of rotatable bonds is 7. The summed E-state index contributed by atoms with van der Waals surface area (Å²) in [4.78, 5) is 7.38. The minimum Gasteiger partial charge on any atom is -0.451 e. The molecule has 11 aromatic rings. The van der Waals surface area contributed by atoms with Gasteiger partial charge in [0.1, 0.15) is 11.1 Å². The Labute approximate surface area is 354 Å². The Balaban J connectivity index is 1.19. The van der Waals surface area contributed by atoms with Crippen LogP contribution in [0, 0.1) is 0 Å². The van der Waals surface area contributed by atoms with Crippen molar-refractivity contribution in [1.82, 2.24) is 4.98 Å². The number of nitrogens with zero attached hydrogens (tertiary/aromatic N) is 2. The Morgan fingerprint density at radius 1 is 0.393 bits per heavy atom. The van der Waals surface area contributed by atoms with Gasteiger partial charge < -0.3 is 9.32 Å². The van der Waals surface area contributed by atoms with Gasteiger partial charge in [0.2, 0.25) is 0 Å². The molecule has 0 bridgehead atoms. The highest BCUT2D eigenvalue weighted by Gasteiger charge is 2.46. The van der Waals surface area contributed by atoms with Gasteiger partial charge >= 0.3 is 0 Å². The van der Waals surface area contributed by atoms with Gasteiger partial charge in [-0.25, -0.2) is 0 Å². The van der Waals surface area contributed by atoms with Crippen molar-refractivity contribution in [2.45, 2.75) is 5.41 Å². The van der Waals surface area contributed by atoms with E-state index in [1.165, 1.54) is 38.9 Å². The molecule has 0 spiro atoms. The van der Waals surface area contributed by atoms with Gasteiger partial charge in [-0.1, -0.05) is 188 Å². The van der Waals surface area contributed by atoms with Crippen LogP contribution >= 0.6 is 0 Å². The van der Waals surface area contributed by atoms with Gasteiger partial charge in [-0.15, -0.1) is 0 Å². The van der Waals surface area contributed by atoms with Crippen LogP contribution in [0.1, 0.15) is 22.3 Å². The van der Waals surface area contributed by atoms with Gasteiger partial charge in [0.05, 0.1) is 16.8 Å². The van der Waals surface area contributed by atoms with E-state index in [2.05, 4.69) is 229 Å². The lowest BCUT2D eigenvalue weighted by molar-refractivity contribution is 0.672. The van der Waals surface area contributed by atoms with Crippen LogP contribution in [0.4, 0.5) is 17.1 Å². The number of hydrogen-bond acceptors (Lipinski definition) is 3. The Hall–Kier alpha value is -8.01. The van der Waals surface area contributed by atoms with E-state index in [1.54, 1.807) is 0 Å². The molecule has 12 rings (SSSR count). The van der Waals surface area contributed by atoms with Crippen LogP contribution in [0.2, 0.25) is 0 Å². The molecule has 0 saturated carbocycles. The number of pyridine rings is 1. The summed E-state index contributed by atoms with van der Waals surface area (Å²) < 4.78 is 7.05. The molecule has 286 valence electrons. The predicted molar refractivity (Wildman–Crippen MR) is 252 cm³/mol. The molecule has 3 heteroatoms. The Bertz CT molecular complexity index is 3350. The molecule has 3 nitrogen and oxygen atoms in total. The summed E-state index contributed by atoms with van der Waals surface area (Å²) in [5.74, 6) is 0. The van der Waals surface area contributed by atoms with E-state index in [-0.39, 0.29) is 0 Å². The van der Waals surface area contributed by atoms with Crippen molar-refractivity contribution in [3.05, 3.63) is 253 Å². The zero-order chi connectivity index (χ0) is 40.3. The molecule has 0 amide bonds. The number of hydrogen-bond donors (Lipinski definition) is 0. The minimum atomic E-state index is -0.553. The molecular formula is C58H38N2O. The maximum Gasteiger partial charge on any atom is 0.177 e. The van der Waals surface area contributed by atoms with Crippen LogP contribution in [-0.4, -0.2) is 4.98 Å². The third-order valence-corrected chi connectivity index (χ3v) is 12.6. The molecule has 0 saturated heterocycles. The van der Waals surface area contributed by atoms with E-state index < -0.39 is 5.41 Å². The van der Waals surface area contributed by atoms with E-state index in [4.69, 9.17) is 9.40 Å². The number of furan rings is 1. The van der Waals surface area contributed by atoms with Crippen LogP contribution in [0.25, 0.3) is 66.2 Å². The molecule has 0 aliphatic heterocycles. The maximum atomic E-state index is 7.05. The Morgan fingerprint density at radius 2 is 1.00 bits per heavy atom. The fraction of sp³-hybridized carbons (Fsp3) is 0.0172. The molecule has 0 N–H and O–H groups in total. The van der Waals surface area contributed by atoms with E-state index in [1.807, 2.05) is 6.20 Å². The third kappa shape index (κ3) is 5.41. The van der Waals surface area contributed by atoms with Crippen molar-refractivity contribution in [3.63, 3.8) is 0 Å². The van der Waals surface area contributed by atoms with Crippen LogP contribution in [0.5, 0.6) is 0 Å². The summed E-state index contributed by atoms with van der Waals surface area (Å²) in [5.41, 5.74) is 16.8. The molecular weight excluding hydrogens is 741 g/mol. The second-order valence-corrected chi connectivity index (χ2v) is 15.8. The lowest BCUT2D eigenvalue weighted by Crippen LogP contribution is -2.28. The standard InChI is InChI=1S/C58H38N2O/c1-5-17-39(18-6-1)40-29-32-45(33-30-40)60(53-35-36-59-55-48-34-31-42-21-13-14-26-46(42)56(48)61-57(53)55)54-38-50-47-27-15-16-28-51(47)58(43-22-9-3-10-23-43,44-24-11-4-12-25-44)52(50)37-49(54)41-19-7-2-8-20-41/h1-38H. The summed E-state index contributed by atoms with van der Waals surface area (Å²) in [6.07, 6.45) is 1.92. The quantitative estimate of drug-likeness (QED) is 0.161. The fourth-order valence-electron chi connectivity index (χ4n) is 9.90. The topological polar surface area (TPSA) is 29.3 Å². The first-order valence-electron chi connectivity index (χ1n) is 20.9. The van der Waals surface area contributed by atoms with Gasteiger partial charge in [-0.2, -0.15) is 0 Å². The van der Waals surface area contributed by atoms with Crippen LogP contribution in [0.15, 0.2) is 235 Å². The number of fused-ring (bicyclic) bond motifs is 8. The molecule has 0 radical (unpaired) electrons. The van der Waals surface area contributed by atoms with Crippen molar-refractivity contribution in [2.24, 2.45) is 0 Å². The summed E-state index contributed by atoms with van der Waals surface area (Å²) in [6.45, 7) is 0. The highest BCUT2D eigenvalue weighted by atomic mass is 16.3. The average Bonchev–Trinajstić information content (AvgIpc) is 3.87. The lowest BCUT2D eigenvalue weighted by Gasteiger charge is -2.35. The minimum absolute atomic E-state index is 0.553. The summed E-state index contributed by atoms with van der Waals surface area (Å²) in [5, 5.41) is 3.20. The molecule has 9 aromatic carbocycles. The zero-order valence-electron chi connectivity index (χ0n) is 33.2. The highest BCUT2D eigenvalue weighted by molar-refractivity contribution is 6.16. The van der Waals surface area contributed by atoms with Crippen LogP contribution in [-0.2, 0) is 5.41 Å². The van der Waals surface area contributed by atoms with Gasteiger partial charge in [0.15, 0.2) is 5.58 Å². The SMILES string of the molecule is c1ccc(-c2ccc(N(c3cc4c(cc3-c3ccccc3)C(c3ccccc3)(c3ccccc3)c3ccccc3-4)c3ccnc4c3oc3c5ccccc5ccc43)cc2)cc1. The molecule has 0 unspecified atom stereocenters. The first kappa shape index (κ1) is 35.0. The van der Waals surface area contributed by atoms with Gasteiger partial charge in [-0.3, -0.25) is 4.98 Å². The predicted octanol–water partition coefficient (Wildman–Crippen LogP) is 15.3. The first-order valence-corrected chi connectivity index (χ1v) is 20.9. The molecule has 2 heterocycles. The maximum absolute atomic E-state index is 7.05. The molecule has 2 aromatic heterocycles. The molecule has 0 atom stereocenters. The van der Waals surface area contributed by atoms with Gasteiger partial charge in [-0.05, 0) is 91.9 Å². The van der Waals surface area contributed by atoms with Crippen LogP contribution < -0.4 is 4.90 Å². The lowest BCUT2D eigenvalue weighted by atomic mass is 9.67. The summed E-state index contributed by atoms with van der Waals surface area (Å²) in [6, 6.07) is 81.0. The van der Waals surface area contributed by atoms with Gasteiger partial charge in [0, 0.05) is 28.2 Å². The van der Waals surface area contributed by atoms with Crippen molar-refractivity contribution in [2.75, 3.05) is 4.90 Å². The smallest absolute Gasteiger partial charge is 0.177 e. The number of aromatic nitrogens is 1. The molecule has 61 heavy (non-hydrogen) atoms. The number of anilines is 3. The summed E-state index contributed by atoms with van der Waals surface area (Å²) in [7, 11) is 0. The largest absolute Gasteiger partial charge is 0.451 e. The number of benzene rings is 9. The molecule has 1 aliphatic carbocycles. The monoisotopic (exact) mass is 778 g/mol. The van der Waals surface area contributed by atoms with E-state index in [9.17, 15) is 0 Å². The summed E-state index contributed by atoms with van der Waals surface area (Å²) >= 11 is 0. The van der Waals surface area contributed by atoms with Crippen molar-refractivity contribution >= 4 is 49.9 Å². The molecule has 0 fully saturated rings. The molecule has 1 aliphatic rings. The fourth-order valence-corrected chi connectivity index (χ4v) is 9.90. The zero-order valence-corrected chi connectivity index (χ0v) is 33.2. The van der Waals surface area contributed by atoms with E-state index >= 15 is 0 Å². The van der Waals surface area contributed by atoms with Gasteiger partial charge in [0.25, 0.3) is 0 Å². The normalized spacial score (nSPS) is 12.7. The van der Waals surface area contributed by atoms with Crippen molar-refractivity contribution in [3.8, 4) is 33.4 Å². The third-order valence-electron chi connectivity index (χ3n) is 12.6. The Morgan fingerprint density at radius 3 is 1.72 bits per heavy atom. The van der Waals surface area contributed by atoms with Crippen molar-refractivity contribution in [1.29, 1.82) is 0 Å². The first-order chi connectivity index (χ1) is 30.3. The van der Waals surface area contributed by atoms with E-state index in [0.29, 0.717) is 0 Å². The highest BCUT2D eigenvalue weighted by Crippen LogP contribution is 2.59. The average molecular weight is 779 g/mol. The Kier molecular flexibility index (Phi) is 8.07. The second-order valence-electron chi connectivity index (χ2n) is 15.8.